The zero-order valence-electron chi connectivity index (χ0n) is 14.0. The molecule has 1 fully saturated rings. The first kappa shape index (κ1) is 16.2. The second kappa shape index (κ2) is 7.73. The lowest BCUT2D eigenvalue weighted by molar-refractivity contribution is 0.420. The smallest absolute Gasteiger partial charge is 0.108 e. The molecule has 124 valence electrons. The van der Waals surface area contributed by atoms with Crippen molar-refractivity contribution in [3.63, 3.8) is 0 Å². The van der Waals surface area contributed by atoms with Crippen LogP contribution in [0.25, 0.3) is 0 Å². The molecule has 0 bridgehead atoms. The number of rotatable bonds is 7. The summed E-state index contributed by atoms with van der Waals surface area (Å²) >= 11 is 0. The van der Waals surface area contributed by atoms with Crippen LogP contribution in [0.15, 0.2) is 58.9 Å². The van der Waals surface area contributed by atoms with Crippen LogP contribution in [0, 0.1) is 0 Å². The summed E-state index contributed by atoms with van der Waals surface area (Å²) in [4.78, 5) is 8.43. The van der Waals surface area contributed by atoms with Gasteiger partial charge in [0.2, 0.25) is 0 Å². The van der Waals surface area contributed by atoms with Crippen LogP contribution in [-0.4, -0.2) is 28.9 Å². The molecule has 1 saturated carbocycles. The molecule has 1 aliphatic rings. The summed E-state index contributed by atoms with van der Waals surface area (Å²) < 4.78 is 1.76. The third-order valence-electron chi connectivity index (χ3n) is 4.36. The minimum Gasteiger partial charge on any atom is -0.364 e. The Kier molecular flexibility index (Phi) is 5.21. The molecule has 2 aromatic rings. The van der Waals surface area contributed by atoms with Crippen molar-refractivity contribution in [3.8, 4) is 0 Å². The van der Waals surface area contributed by atoms with Crippen molar-refractivity contribution in [1.29, 1.82) is 0 Å². The van der Waals surface area contributed by atoms with Crippen LogP contribution < -0.4 is 5.32 Å². The van der Waals surface area contributed by atoms with E-state index in [2.05, 4.69) is 51.4 Å². The molecule has 0 aliphatic heterocycles. The van der Waals surface area contributed by atoms with E-state index in [1.807, 2.05) is 19.3 Å². The molecule has 0 spiro atoms. The molecule has 0 radical (unpaired) electrons. The average Bonchev–Trinajstić information content (AvgIpc) is 2.95. The van der Waals surface area contributed by atoms with Crippen molar-refractivity contribution in [2.45, 2.75) is 25.2 Å². The maximum atomic E-state index is 4.64. The molecule has 1 aliphatic carbocycles. The number of nitrogens with one attached hydrogen (secondary N) is 1. The predicted octanol–water partition coefficient (Wildman–Crippen LogP) is 3.76. The molecule has 0 atom stereocenters. The Bertz CT molecular complexity index is 735. The fourth-order valence-corrected chi connectivity index (χ4v) is 2.76. The normalized spacial score (nSPS) is 15.5. The van der Waals surface area contributed by atoms with Crippen LogP contribution in [-0.2, 0) is 7.05 Å². The highest BCUT2D eigenvalue weighted by Crippen LogP contribution is 2.36. The standard InChI is InChI=1S/C19H23N5/c1-20-11-10-19(22-14-21-18-12-23-24(2)13-18)17-8-6-16(7-9-17)15-4-3-5-15/h6-13,15,21H,1,3-5,14H2,2H3/b11-10-,22-19?. The van der Waals surface area contributed by atoms with E-state index >= 15 is 0 Å². The van der Waals surface area contributed by atoms with Gasteiger partial charge < -0.3 is 5.32 Å². The fourth-order valence-electron chi connectivity index (χ4n) is 2.76. The van der Waals surface area contributed by atoms with Crippen LogP contribution in [0.3, 0.4) is 0 Å². The van der Waals surface area contributed by atoms with Gasteiger partial charge >= 0.3 is 0 Å². The molecule has 5 heteroatoms. The number of nitrogens with zero attached hydrogens (tertiary/aromatic N) is 4. The van der Waals surface area contributed by atoms with Crippen LogP contribution in [0.5, 0.6) is 0 Å². The Hall–Kier alpha value is -2.69. The van der Waals surface area contributed by atoms with Gasteiger partial charge in [0.15, 0.2) is 0 Å². The first-order valence-electron chi connectivity index (χ1n) is 8.26. The molecule has 1 N–H and O–H groups in total. The Morgan fingerprint density at radius 2 is 2.17 bits per heavy atom. The monoisotopic (exact) mass is 321 g/mol. The third-order valence-corrected chi connectivity index (χ3v) is 4.36. The molecule has 0 saturated heterocycles. The molecule has 24 heavy (non-hydrogen) atoms. The molecule has 1 heterocycles. The Morgan fingerprint density at radius 3 is 2.75 bits per heavy atom. The number of hydrogen-bond donors (Lipinski definition) is 1. The number of aryl methyl sites for hydroxylation is 1. The molecule has 5 nitrogen and oxygen atoms in total. The number of anilines is 1. The second-order valence-electron chi connectivity index (χ2n) is 6.03. The topological polar surface area (TPSA) is 54.6 Å². The second-order valence-corrected chi connectivity index (χ2v) is 6.03. The van der Waals surface area contributed by atoms with Crippen molar-refractivity contribution in [2.75, 3.05) is 12.0 Å². The van der Waals surface area contributed by atoms with Crippen molar-refractivity contribution in [3.05, 3.63) is 60.1 Å². The van der Waals surface area contributed by atoms with Gasteiger partial charge in [0.25, 0.3) is 0 Å². The van der Waals surface area contributed by atoms with Crippen molar-refractivity contribution in [1.82, 2.24) is 9.78 Å². The maximum absolute atomic E-state index is 4.64. The fraction of sp³-hybridized carbons (Fsp3) is 0.316. The summed E-state index contributed by atoms with van der Waals surface area (Å²) in [6.07, 6.45) is 11.2. The number of hydrogen-bond acceptors (Lipinski definition) is 4. The van der Waals surface area contributed by atoms with Crippen LogP contribution in [0.2, 0.25) is 0 Å². The Balaban J connectivity index is 1.71. The van der Waals surface area contributed by atoms with Gasteiger partial charge in [0.05, 0.1) is 17.6 Å². The van der Waals surface area contributed by atoms with Crippen LogP contribution in [0.4, 0.5) is 5.69 Å². The van der Waals surface area contributed by atoms with E-state index in [9.17, 15) is 0 Å². The van der Waals surface area contributed by atoms with Gasteiger partial charge in [-0.1, -0.05) is 30.7 Å². The van der Waals surface area contributed by atoms with E-state index in [0.717, 1.165) is 22.9 Å². The summed E-state index contributed by atoms with van der Waals surface area (Å²) in [6, 6.07) is 8.73. The van der Waals surface area contributed by atoms with E-state index < -0.39 is 0 Å². The summed E-state index contributed by atoms with van der Waals surface area (Å²) in [5.74, 6) is 0.747. The molecule has 0 amide bonds. The zero-order chi connectivity index (χ0) is 16.8. The lowest BCUT2D eigenvalue weighted by Gasteiger charge is -2.25. The van der Waals surface area contributed by atoms with Gasteiger partial charge in [-0.05, 0) is 42.7 Å². The van der Waals surface area contributed by atoms with Gasteiger partial charge in [0, 0.05) is 19.4 Å². The molecule has 1 aromatic heterocycles. The van der Waals surface area contributed by atoms with E-state index in [1.165, 1.54) is 24.8 Å². The number of aliphatic imine (C=N–C) groups is 2. The molecular formula is C19H23N5. The van der Waals surface area contributed by atoms with Crippen LogP contribution >= 0.6 is 0 Å². The average molecular weight is 321 g/mol. The van der Waals surface area contributed by atoms with Gasteiger partial charge in [-0.25, -0.2) is 0 Å². The van der Waals surface area contributed by atoms with Gasteiger partial charge in [-0.15, -0.1) is 0 Å². The predicted molar refractivity (Wildman–Crippen MR) is 100.0 cm³/mol. The van der Waals surface area contributed by atoms with E-state index in [0.29, 0.717) is 6.67 Å². The largest absolute Gasteiger partial charge is 0.364 e. The minimum atomic E-state index is 0.479. The lowest BCUT2D eigenvalue weighted by Crippen LogP contribution is -2.09. The van der Waals surface area contributed by atoms with E-state index in [1.54, 1.807) is 17.1 Å². The van der Waals surface area contributed by atoms with Crippen LogP contribution in [0.1, 0.15) is 36.3 Å². The number of benzene rings is 1. The Labute approximate surface area is 142 Å². The molecular weight excluding hydrogens is 298 g/mol. The lowest BCUT2D eigenvalue weighted by atomic mass is 9.80. The summed E-state index contributed by atoms with van der Waals surface area (Å²) in [6.45, 7) is 3.97. The SMILES string of the molecule is C=N/C=C\C(=NCNc1cnn(C)c1)c1ccc(C2CCC2)cc1. The first-order valence-corrected chi connectivity index (χ1v) is 8.26. The zero-order valence-corrected chi connectivity index (χ0v) is 14.0. The third kappa shape index (κ3) is 3.98. The summed E-state index contributed by atoms with van der Waals surface area (Å²) in [5.41, 5.74) is 4.36. The van der Waals surface area contributed by atoms with Crippen molar-refractivity contribution < 1.29 is 0 Å². The quantitative estimate of drug-likeness (QED) is 0.789. The molecule has 0 unspecified atom stereocenters. The van der Waals surface area contributed by atoms with E-state index in [-0.39, 0.29) is 0 Å². The molecule has 1 aromatic carbocycles. The summed E-state index contributed by atoms with van der Waals surface area (Å²) in [7, 11) is 1.89. The minimum absolute atomic E-state index is 0.479. The maximum Gasteiger partial charge on any atom is 0.108 e. The van der Waals surface area contributed by atoms with Crippen molar-refractivity contribution >= 4 is 18.1 Å². The summed E-state index contributed by atoms with van der Waals surface area (Å²) in [5, 5.41) is 7.37. The van der Waals surface area contributed by atoms with Crippen molar-refractivity contribution in [2.24, 2.45) is 17.0 Å². The molecule has 3 rings (SSSR count). The van der Waals surface area contributed by atoms with Gasteiger partial charge in [0.1, 0.15) is 6.67 Å². The number of aromatic nitrogens is 2. The van der Waals surface area contributed by atoms with Gasteiger partial charge in [-0.3, -0.25) is 14.7 Å². The van der Waals surface area contributed by atoms with E-state index in [4.69, 9.17) is 0 Å². The highest BCUT2D eigenvalue weighted by molar-refractivity contribution is 6.08. The first-order chi connectivity index (χ1) is 11.8. The van der Waals surface area contributed by atoms with Gasteiger partial charge in [-0.2, -0.15) is 5.10 Å². The Morgan fingerprint density at radius 1 is 1.38 bits per heavy atom. The highest BCUT2D eigenvalue weighted by Gasteiger charge is 2.19. The number of allylic oxidation sites excluding steroid dienone is 1. The highest BCUT2D eigenvalue weighted by atomic mass is 15.3.